The number of carboxylic acid groups (broad SMARTS) is 2. The fourth-order valence-electron chi connectivity index (χ4n) is 9.57. The van der Waals surface area contributed by atoms with E-state index in [1.807, 2.05) is 43.3 Å². The molecule has 0 aliphatic rings. The van der Waals surface area contributed by atoms with Gasteiger partial charge in [0.1, 0.15) is 28.7 Å². The van der Waals surface area contributed by atoms with Crippen molar-refractivity contribution in [3.8, 4) is 96.9 Å². The quantitative estimate of drug-likeness (QED) is 0.00500. The lowest BCUT2D eigenvalue weighted by Gasteiger charge is -2.11. The lowest BCUT2D eigenvalue weighted by Crippen LogP contribution is -2.29. The summed E-state index contributed by atoms with van der Waals surface area (Å²) >= 11 is 8.52. The van der Waals surface area contributed by atoms with Crippen LogP contribution in [0, 0.1) is 30.6 Å². The molecule has 0 heterocycles. The monoisotopic (exact) mass is 1830 g/mol. The van der Waals surface area contributed by atoms with Crippen molar-refractivity contribution in [3.63, 3.8) is 0 Å². The van der Waals surface area contributed by atoms with Crippen LogP contribution in [0.5, 0.6) is 28.7 Å². The van der Waals surface area contributed by atoms with Crippen LogP contribution in [-0.2, 0) is 31.5 Å². The normalized spacial score (nSPS) is 10.5. The first-order valence-corrected chi connectivity index (χ1v) is 36.7. The Kier molecular flexibility index (Phi) is 39.8. The van der Waals surface area contributed by atoms with Gasteiger partial charge in [-0.05, 0) is 227 Å². The summed E-state index contributed by atoms with van der Waals surface area (Å²) in [4.78, 5) is 68.6. The molecule has 0 saturated heterocycles. The minimum Gasteiger partial charge on any atom is -0.497 e. The predicted molar refractivity (Wildman–Crippen MR) is 436 cm³/mol. The molecule has 0 amide bonds. The number of carbonyl (C=O) groups excluding carboxylic acids is 4. The Morgan fingerprint density at radius 1 is 0.416 bits per heavy atom. The SMILES string of the molecule is CCOC(=O)C#CC(=O)c1ccc(-c2ccc(OC(F)(F)F)cc2)cc1.CCOC(=O)C#CC(F)(F)c1ccc(-c2ccc(OC(F)(F)F)cc2)cc1.COc1ccc(CN=[N+]=[N-])cc1.Cc1ccc(B(O)O)cc1.O=C(Cl)c1ccc(-c2ccc(OC(F)(F)F)cc2)cc1.O=C(O)c1ccc(-c2ccc(OC(F)(F)F)cc2)cc1.O=C(O)c1ccc(Br)cc1. The zero-order chi connectivity index (χ0) is 92.7. The van der Waals surface area contributed by atoms with Crippen molar-refractivity contribution in [2.24, 2.45) is 5.11 Å². The van der Waals surface area contributed by atoms with Crippen molar-refractivity contribution in [3.05, 3.63) is 321 Å². The van der Waals surface area contributed by atoms with E-state index in [4.69, 9.17) is 42.1 Å². The smallest absolute Gasteiger partial charge is 0.497 e. The molecule has 125 heavy (non-hydrogen) atoms. The number of ether oxygens (including phenoxy) is 7. The van der Waals surface area contributed by atoms with Crippen molar-refractivity contribution in [2.45, 2.75) is 58.7 Å². The summed E-state index contributed by atoms with van der Waals surface area (Å²) in [6, 6.07) is 65.8. The fraction of sp³-hybridized carbons (Fsp3) is 0.136. The number of Topliss-reactive ketones (excluding diaryl/α,β-unsaturated/α-hetero) is 1. The van der Waals surface area contributed by atoms with Crippen LogP contribution in [0.15, 0.2) is 277 Å². The Labute approximate surface area is 717 Å². The largest absolute Gasteiger partial charge is 0.573 e. The summed E-state index contributed by atoms with van der Waals surface area (Å²) in [7, 11) is 0.267. The standard InChI is InChI=1S/C19H13F5O3.C19H13F3O4.C14H8ClF3O2.C14H9F3O3.C8H9N3O.C7H9BO2.C7H5BrO2/c1-2-26-17(25)11-12-18(20,21)15-7-3-13(4-8-15)14-5-9-16(10-6-14)27-19(22,23)24;1-2-25-18(24)12-11-17(23)15-5-3-13(4-6-15)14-7-9-16(10-8-14)26-19(20,21)22;15-13(19)11-3-1-9(2-4-11)10-5-7-12(8-6-10)20-14(16,17)18;15-14(16,17)20-12-7-5-10(6-8-12)9-1-3-11(4-2-9)13(18)19;1-12-8-4-2-7(3-5-8)6-10-11-9;1-6-2-4-7(5-3-6)8(9)10;8-6-3-1-5(2-4-6)7(9)10/h3-10H,2H2,1H3;3-10H,2H2,1H3;1-8H;1-8H,(H,18,19);2-5H,6H2,1H3;2-5,9-10H,1H3;1-4H,(H,9,10). The molecule has 11 aromatic carbocycles. The summed E-state index contributed by atoms with van der Waals surface area (Å²) in [5.74, 6) is -0.778. The molecule has 0 unspecified atom stereocenters. The summed E-state index contributed by atoms with van der Waals surface area (Å²) in [5, 5.41) is 37.4. The molecule has 650 valence electrons. The first kappa shape index (κ1) is 101. The third kappa shape index (κ3) is 39.1. The van der Waals surface area contributed by atoms with E-state index in [0.717, 1.165) is 51.2 Å². The van der Waals surface area contributed by atoms with Crippen molar-refractivity contribution >= 4 is 75.0 Å². The second kappa shape index (κ2) is 49.1. The lowest BCUT2D eigenvalue weighted by atomic mass is 9.80. The van der Waals surface area contributed by atoms with E-state index in [1.165, 1.54) is 128 Å². The second-order valence-electron chi connectivity index (χ2n) is 24.4. The van der Waals surface area contributed by atoms with Gasteiger partial charge in [-0.1, -0.05) is 172 Å². The molecule has 11 aromatic rings. The minimum atomic E-state index is -4.79. The maximum absolute atomic E-state index is 14.0. The first-order valence-electron chi connectivity index (χ1n) is 35.5. The van der Waals surface area contributed by atoms with Gasteiger partial charge >= 0.3 is 62.4 Å². The number of esters is 2. The number of alkyl halides is 14. The van der Waals surface area contributed by atoms with Crippen molar-refractivity contribution < 1.29 is 144 Å². The van der Waals surface area contributed by atoms with Crippen molar-refractivity contribution in [2.75, 3.05) is 20.3 Å². The number of halogens is 16. The van der Waals surface area contributed by atoms with Gasteiger partial charge in [0.2, 0.25) is 5.78 Å². The van der Waals surface area contributed by atoms with Crippen LogP contribution in [-0.4, -0.2) is 108 Å². The Balaban J connectivity index is 0.000000266. The maximum atomic E-state index is 14.0. The molecule has 0 radical (unpaired) electrons. The van der Waals surface area contributed by atoms with E-state index in [9.17, 15) is 90.2 Å². The van der Waals surface area contributed by atoms with Gasteiger partial charge in [0.05, 0.1) is 38.0 Å². The highest BCUT2D eigenvalue weighted by Crippen LogP contribution is 2.34. The van der Waals surface area contributed by atoms with Gasteiger partial charge in [-0.3, -0.25) is 9.59 Å². The number of nitrogens with zero attached hydrogens (tertiary/aromatic N) is 3. The van der Waals surface area contributed by atoms with Crippen molar-refractivity contribution in [1.82, 2.24) is 0 Å². The summed E-state index contributed by atoms with van der Waals surface area (Å²) in [6.45, 7) is 5.69. The molecule has 11 rings (SSSR count). The van der Waals surface area contributed by atoms with E-state index >= 15 is 0 Å². The topological polar surface area (TPSA) is 297 Å². The van der Waals surface area contributed by atoms with Crippen LogP contribution in [0.25, 0.3) is 55.0 Å². The highest BCUT2D eigenvalue weighted by Gasteiger charge is 2.34. The Bertz CT molecular complexity index is 5390. The van der Waals surface area contributed by atoms with E-state index in [0.29, 0.717) is 62.1 Å². The summed E-state index contributed by atoms with van der Waals surface area (Å²) in [6.07, 6.45) is -19.0. The van der Waals surface area contributed by atoms with Crippen LogP contribution in [0.3, 0.4) is 0 Å². The molecule has 0 spiro atoms. The number of benzene rings is 11. The van der Waals surface area contributed by atoms with Gasteiger partial charge < -0.3 is 53.4 Å². The zero-order valence-corrected chi connectivity index (χ0v) is 67.4. The van der Waals surface area contributed by atoms with Crippen LogP contribution >= 0.6 is 27.5 Å². The molecule has 0 saturated carbocycles. The lowest BCUT2D eigenvalue weighted by molar-refractivity contribution is -0.275. The number of hydrogen-bond acceptors (Lipinski definition) is 16. The molecule has 0 aliphatic carbocycles. The molecule has 0 fully saturated rings. The number of ketones is 1. The molecule has 0 aromatic heterocycles. The Morgan fingerprint density at radius 2 is 0.712 bits per heavy atom. The number of aryl methyl sites for hydroxylation is 1. The van der Waals surface area contributed by atoms with Gasteiger partial charge in [-0.2, -0.15) is 8.78 Å². The van der Waals surface area contributed by atoms with Crippen LogP contribution in [0.1, 0.15) is 72.0 Å². The number of carboxylic acids is 2. The van der Waals surface area contributed by atoms with Gasteiger partial charge in [-0.25, -0.2) is 19.2 Å². The van der Waals surface area contributed by atoms with Crippen LogP contribution in [0.4, 0.5) is 61.5 Å². The molecule has 20 nitrogen and oxygen atoms in total. The van der Waals surface area contributed by atoms with Crippen LogP contribution in [0.2, 0.25) is 0 Å². The average molecular weight is 1830 g/mol. The highest BCUT2D eigenvalue weighted by atomic mass is 79.9. The third-order valence-electron chi connectivity index (χ3n) is 15.4. The second-order valence-corrected chi connectivity index (χ2v) is 25.6. The number of hydrogen-bond donors (Lipinski definition) is 4. The molecule has 0 aliphatic heterocycles. The van der Waals surface area contributed by atoms with Crippen LogP contribution < -0.4 is 29.1 Å². The third-order valence-corrected chi connectivity index (χ3v) is 16.2. The van der Waals surface area contributed by atoms with Gasteiger partial charge in [0.15, 0.2) is 0 Å². The fourth-order valence-corrected chi connectivity index (χ4v) is 9.96. The molecular formula is C88H66BBrClF14N3O17. The Hall–Kier alpha value is -14.2. The van der Waals surface area contributed by atoms with Gasteiger partial charge in [-0.15, -0.1) is 52.7 Å². The number of carbonyl (C=O) groups is 6. The first-order chi connectivity index (χ1) is 58.8. The highest BCUT2D eigenvalue weighted by molar-refractivity contribution is 9.10. The van der Waals surface area contributed by atoms with Crippen molar-refractivity contribution in [1.29, 1.82) is 0 Å². The average Bonchev–Trinajstić information content (AvgIpc) is 0.774. The zero-order valence-electron chi connectivity index (χ0n) is 65.1. The van der Waals surface area contributed by atoms with E-state index in [2.05, 4.69) is 66.2 Å². The Morgan fingerprint density at radius 3 is 1.01 bits per heavy atom. The van der Waals surface area contributed by atoms with Gasteiger partial charge in [0, 0.05) is 37.9 Å². The van der Waals surface area contributed by atoms with Gasteiger partial charge in [0.25, 0.3) is 5.24 Å². The number of methoxy groups -OCH3 is 1. The number of azide groups is 1. The molecule has 0 bridgehead atoms. The minimum absolute atomic E-state index is 0.0284. The molecule has 0 atom stereocenters. The summed E-state index contributed by atoms with van der Waals surface area (Å²) in [5.41, 5.74) is 16.5. The number of rotatable bonds is 19. The molecule has 37 heteroatoms. The van der Waals surface area contributed by atoms with E-state index in [-0.39, 0.29) is 47.3 Å². The molecular weight excluding hydrogens is 1760 g/mol. The predicted octanol–water partition coefficient (Wildman–Crippen LogP) is 21.8. The number of aromatic carboxylic acids is 2. The maximum Gasteiger partial charge on any atom is 0.573 e. The summed E-state index contributed by atoms with van der Waals surface area (Å²) < 4.78 is 203. The van der Waals surface area contributed by atoms with E-state index in [1.54, 1.807) is 111 Å². The van der Waals surface area contributed by atoms with E-state index < -0.39 is 79.0 Å². The molecule has 4 N–H and O–H groups in total.